The van der Waals surface area contributed by atoms with Crippen molar-refractivity contribution < 1.29 is 13.9 Å². The Morgan fingerprint density at radius 2 is 1.89 bits per heavy atom. The number of alkyl halides is 2. The van der Waals surface area contributed by atoms with Crippen molar-refractivity contribution in [1.29, 1.82) is 0 Å². The van der Waals surface area contributed by atoms with E-state index in [2.05, 4.69) is 15.1 Å². The fourth-order valence-corrected chi connectivity index (χ4v) is 4.39. The average molecular weight is 503 g/mol. The molecule has 5 aromatic rings. The van der Waals surface area contributed by atoms with Gasteiger partial charge in [0.05, 0.1) is 17.2 Å². The van der Waals surface area contributed by atoms with Gasteiger partial charge in [-0.2, -0.15) is 13.9 Å². The van der Waals surface area contributed by atoms with E-state index in [1.807, 2.05) is 13.1 Å². The molecular formula is C27H24F2N6O2. The van der Waals surface area contributed by atoms with Crippen LogP contribution in [0.2, 0.25) is 0 Å². The summed E-state index contributed by atoms with van der Waals surface area (Å²) in [6.07, 6.45) is 3.49. The van der Waals surface area contributed by atoms with Crippen LogP contribution in [0.5, 0.6) is 0 Å². The highest BCUT2D eigenvalue weighted by molar-refractivity contribution is 6.13. The molecule has 0 unspecified atom stereocenters. The van der Waals surface area contributed by atoms with Crippen molar-refractivity contribution in [2.75, 3.05) is 6.61 Å². The zero-order valence-electron chi connectivity index (χ0n) is 20.7. The van der Waals surface area contributed by atoms with E-state index in [1.54, 1.807) is 50.1 Å². The summed E-state index contributed by atoms with van der Waals surface area (Å²) in [5.74, 6) is -2.47. The first-order valence-corrected chi connectivity index (χ1v) is 11.5. The third-order valence-electron chi connectivity index (χ3n) is 6.35. The number of benzene rings is 2. The fraction of sp³-hybridized carbons (Fsp3) is 0.222. The van der Waals surface area contributed by atoms with Crippen LogP contribution in [0.3, 0.4) is 0 Å². The summed E-state index contributed by atoms with van der Waals surface area (Å²) in [5.41, 5.74) is 3.68. The number of aliphatic hydroxyl groups is 1. The molecule has 0 saturated heterocycles. The van der Waals surface area contributed by atoms with Gasteiger partial charge in [0.1, 0.15) is 12.4 Å². The Labute approximate surface area is 210 Å². The first kappa shape index (κ1) is 24.4. The lowest BCUT2D eigenvalue weighted by Gasteiger charge is -2.14. The molecule has 0 atom stereocenters. The number of aliphatic hydroxyl groups excluding tert-OH is 1. The van der Waals surface area contributed by atoms with Crippen molar-refractivity contribution in [2.24, 2.45) is 19.1 Å². The Kier molecular flexibility index (Phi) is 5.91. The number of fused-ring (bicyclic) bond motifs is 3. The Balaban J connectivity index is 1.76. The van der Waals surface area contributed by atoms with Crippen LogP contribution in [0.25, 0.3) is 32.9 Å². The van der Waals surface area contributed by atoms with Gasteiger partial charge >= 0.3 is 0 Å². The molecule has 188 valence electrons. The van der Waals surface area contributed by atoms with Crippen LogP contribution in [0.4, 0.5) is 14.6 Å². The summed E-state index contributed by atoms with van der Waals surface area (Å²) < 4.78 is 31.4. The summed E-state index contributed by atoms with van der Waals surface area (Å²) in [4.78, 5) is 25.9. The molecule has 0 aliphatic carbocycles. The predicted molar refractivity (Wildman–Crippen MR) is 139 cm³/mol. The second-order valence-corrected chi connectivity index (χ2v) is 8.95. The maximum Gasteiger partial charge on any atom is 0.295 e. The molecule has 0 radical (unpaired) electrons. The molecule has 3 heterocycles. The van der Waals surface area contributed by atoms with E-state index in [1.165, 1.54) is 28.8 Å². The first-order valence-electron chi connectivity index (χ1n) is 11.5. The minimum absolute atomic E-state index is 0.125. The van der Waals surface area contributed by atoms with Gasteiger partial charge in [-0.25, -0.2) is 15.0 Å². The molecule has 0 amide bonds. The third-order valence-corrected chi connectivity index (χ3v) is 6.35. The van der Waals surface area contributed by atoms with Crippen LogP contribution in [-0.2, 0) is 20.0 Å². The molecule has 0 aliphatic heterocycles. The van der Waals surface area contributed by atoms with Crippen molar-refractivity contribution in [3.05, 3.63) is 82.2 Å². The molecule has 2 aromatic carbocycles. The first-order chi connectivity index (χ1) is 17.6. The lowest BCUT2D eigenvalue weighted by Crippen LogP contribution is -2.18. The molecule has 8 nitrogen and oxygen atoms in total. The maximum absolute atomic E-state index is 14.1. The van der Waals surface area contributed by atoms with E-state index in [4.69, 9.17) is 10.1 Å². The van der Waals surface area contributed by atoms with Gasteiger partial charge in [-0.15, -0.1) is 0 Å². The Hall–Kier alpha value is -4.31. The zero-order chi connectivity index (χ0) is 26.5. The van der Waals surface area contributed by atoms with Gasteiger partial charge in [0.2, 0.25) is 5.56 Å². The van der Waals surface area contributed by atoms with Crippen molar-refractivity contribution in [3.8, 4) is 11.1 Å². The molecule has 0 spiro atoms. The van der Waals surface area contributed by atoms with Crippen LogP contribution >= 0.6 is 0 Å². The molecule has 0 bridgehead atoms. The third kappa shape index (κ3) is 4.29. The normalized spacial score (nSPS) is 12.6. The van der Waals surface area contributed by atoms with Gasteiger partial charge < -0.3 is 9.67 Å². The van der Waals surface area contributed by atoms with Gasteiger partial charge in [-0.1, -0.05) is 18.2 Å². The molecular weight excluding hydrogens is 478 g/mol. The second kappa shape index (κ2) is 8.97. The summed E-state index contributed by atoms with van der Waals surface area (Å²) in [5, 5.41) is 15.0. The van der Waals surface area contributed by atoms with Gasteiger partial charge in [0, 0.05) is 59.5 Å². The number of pyridine rings is 1. The molecule has 3 aromatic heterocycles. The minimum Gasteiger partial charge on any atom is -0.390 e. The van der Waals surface area contributed by atoms with E-state index < -0.39 is 12.5 Å². The van der Waals surface area contributed by atoms with E-state index in [0.717, 1.165) is 22.0 Å². The summed E-state index contributed by atoms with van der Waals surface area (Å²) >= 11 is 0. The molecule has 0 aliphatic rings. The molecule has 1 N–H and O–H groups in total. The standard InChI is InChI=1S/C27H24F2N6O2/c1-15(17-6-5-7-19(10-17)27(28,29)14-36)31-26-21-11-20(18-8-9-23(37)34(3)13-18)25-22(12-30-35(25)4)24(21)32-16(2)33-26/h5-13,36H,14H2,1-4H3. The Morgan fingerprint density at radius 1 is 1.11 bits per heavy atom. The molecule has 0 saturated carbocycles. The van der Waals surface area contributed by atoms with Crippen LogP contribution in [0.15, 0.2) is 64.6 Å². The summed E-state index contributed by atoms with van der Waals surface area (Å²) in [6, 6.07) is 11.0. The zero-order valence-corrected chi connectivity index (χ0v) is 20.7. The summed E-state index contributed by atoms with van der Waals surface area (Å²) in [6.45, 7) is 2.20. The highest BCUT2D eigenvalue weighted by Crippen LogP contribution is 2.37. The van der Waals surface area contributed by atoms with Crippen molar-refractivity contribution in [2.45, 2.75) is 19.8 Å². The van der Waals surface area contributed by atoms with Crippen LogP contribution < -0.4 is 5.56 Å². The van der Waals surface area contributed by atoms with Gasteiger partial charge in [-0.05, 0) is 37.6 Å². The monoisotopic (exact) mass is 502 g/mol. The molecule has 0 fully saturated rings. The fourth-order valence-electron chi connectivity index (χ4n) is 4.39. The topological polar surface area (TPSA) is 98.2 Å². The number of nitrogens with zero attached hydrogens (tertiary/aromatic N) is 6. The Bertz CT molecular complexity index is 1770. The predicted octanol–water partition coefficient (Wildman–Crippen LogP) is 4.42. The number of aromatic nitrogens is 5. The maximum atomic E-state index is 14.1. The highest BCUT2D eigenvalue weighted by Gasteiger charge is 2.30. The number of rotatable bonds is 5. The van der Waals surface area contributed by atoms with E-state index in [0.29, 0.717) is 33.8 Å². The van der Waals surface area contributed by atoms with E-state index in [9.17, 15) is 13.6 Å². The summed E-state index contributed by atoms with van der Waals surface area (Å²) in [7, 11) is 3.53. The lowest BCUT2D eigenvalue weighted by molar-refractivity contribution is -0.0556. The molecule has 37 heavy (non-hydrogen) atoms. The lowest BCUT2D eigenvalue weighted by atomic mass is 10.0. The van der Waals surface area contributed by atoms with Crippen LogP contribution in [-0.4, -0.2) is 41.7 Å². The van der Waals surface area contributed by atoms with Crippen molar-refractivity contribution in [1.82, 2.24) is 24.3 Å². The number of aliphatic imine (C=N–C) groups is 1. The number of halogens is 2. The van der Waals surface area contributed by atoms with Crippen LogP contribution in [0.1, 0.15) is 23.9 Å². The molecule has 10 heteroatoms. The largest absolute Gasteiger partial charge is 0.390 e. The van der Waals surface area contributed by atoms with Gasteiger partial charge in [-0.3, -0.25) is 9.48 Å². The number of hydrogen-bond donors (Lipinski definition) is 1. The van der Waals surface area contributed by atoms with Crippen molar-refractivity contribution in [3.63, 3.8) is 0 Å². The van der Waals surface area contributed by atoms with E-state index >= 15 is 0 Å². The SMILES string of the molecule is CC(=Nc1nc(C)nc2c1cc(-c1ccc(=O)n(C)c1)c1c2cnn1C)c1cccc(C(F)(F)CO)c1. The van der Waals surface area contributed by atoms with E-state index in [-0.39, 0.29) is 11.1 Å². The van der Waals surface area contributed by atoms with Crippen LogP contribution in [0, 0.1) is 6.92 Å². The number of hydrogen-bond acceptors (Lipinski definition) is 6. The number of aryl methyl sites for hydroxylation is 3. The molecule has 5 rings (SSSR count). The van der Waals surface area contributed by atoms with Crippen molar-refractivity contribution >= 4 is 33.3 Å². The minimum atomic E-state index is -3.36. The quantitative estimate of drug-likeness (QED) is 0.359. The smallest absolute Gasteiger partial charge is 0.295 e. The van der Waals surface area contributed by atoms with Gasteiger partial charge in [0.15, 0.2) is 5.82 Å². The van der Waals surface area contributed by atoms with Gasteiger partial charge in [0.25, 0.3) is 5.92 Å². The Morgan fingerprint density at radius 3 is 2.62 bits per heavy atom. The average Bonchev–Trinajstić information content (AvgIpc) is 3.27. The highest BCUT2D eigenvalue weighted by atomic mass is 19.3. The second-order valence-electron chi connectivity index (χ2n) is 8.95.